The summed E-state index contributed by atoms with van der Waals surface area (Å²) >= 11 is 0. The number of fused-ring (bicyclic) bond motifs is 1. The highest BCUT2D eigenvalue weighted by Gasteiger charge is 2.13. The summed E-state index contributed by atoms with van der Waals surface area (Å²) < 4.78 is 0. The number of likely N-dealkylation sites (N-methyl/N-ethyl adjacent to an activating group) is 1. The van der Waals surface area contributed by atoms with Crippen LogP contribution in [0.25, 0.3) is 10.8 Å². The summed E-state index contributed by atoms with van der Waals surface area (Å²) in [5.41, 5.74) is 1.44. The van der Waals surface area contributed by atoms with Crippen LogP contribution in [0.3, 0.4) is 0 Å². The van der Waals surface area contributed by atoms with Gasteiger partial charge in [-0.2, -0.15) is 0 Å². The molecule has 1 aliphatic heterocycles. The first-order valence-corrected chi connectivity index (χ1v) is 7.77. The quantitative estimate of drug-likeness (QED) is 0.842. The third kappa shape index (κ3) is 3.20. The van der Waals surface area contributed by atoms with Gasteiger partial charge in [-0.25, -0.2) is 0 Å². The Morgan fingerprint density at radius 2 is 1.60 bits per heavy atom. The third-order valence-electron chi connectivity index (χ3n) is 4.35. The third-order valence-corrected chi connectivity index (χ3v) is 4.35. The minimum atomic E-state index is 1.09. The van der Waals surface area contributed by atoms with Crippen molar-refractivity contribution in [2.45, 2.75) is 19.9 Å². The zero-order valence-corrected chi connectivity index (χ0v) is 12.4. The maximum absolute atomic E-state index is 2.60. The van der Waals surface area contributed by atoms with Gasteiger partial charge in [-0.05, 0) is 48.5 Å². The van der Waals surface area contributed by atoms with E-state index in [0.717, 1.165) is 6.54 Å². The van der Waals surface area contributed by atoms with Crippen LogP contribution >= 0.6 is 0 Å². The molecule has 0 spiro atoms. The molecular weight excluding hydrogens is 244 g/mol. The minimum absolute atomic E-state index is 1.09. The van der Waals surface area contributed by atoms with Gasteiger partial charge in [0.05, 0.1) is 0 Å². The van der Waals surface area contributed by atoms with E-state index in [9.17, 15) is 0 Å². The van der Waals surface area contributed by atoms with E-state index in [1.165, 1.54) is 55.5 Å². The lowest BCUT2D eigenvalue weighted by Gasteiger charge is -2.21. The maximum atomic E-state index is 2.60. The molecule has 3 rings (SSSR count). The summed E-state index contributed by atoms with van der Waals surface area (Å²) in [5, 5.41) is 2.69. The smallest absolute Gasteiger partial charge is 0.0234 e. The van der Waals surface area contributed by atoms with Gasteiger partial charge in [-0.15, -0.1) is 0 Å². The molecule has 2 heteroatoms. The molecular formula is C18H24N2. The first-order chi connectivity index (χ1) is 9.85. The van der Waals surface area contributed by atoms with E-state index in [0.29, 0.717) is 0 Å². The molecule has 0 atom stereocenters. The van der Waals surface area contributed by atoms with Gasteiger partial charge in [0.15, 0.2) is 0 Å². The van der Waals surface area contributed by atoms with Crippen LogP contribution in [0.4, 0.5) is 0 Å². The van der Waals surface area contributed by atoms with Gasteiger partial charge in [0, 0.05) is 19.6 Å². The minimum Gasteiger partial charge on any atom is -0.302 e. The molecule has 0 aliphatic carbocycles. The van der Waals surface area contributed by atoms with Gasteiger partial charge in [0.2, 0.25) is 0 Å². The first kappa shape index (κ1) is 13.6. The Morgan fingerprint density at radius 3 is 2.45 bits per heavy atom. The molecule has 0 bridgehead atoms. The highest BCUT2D eigenvalue weighted by atomic mass is 15.2. The maximum Gasteiger partial charge on any atom is 0.0234 e. The molecule has 1 fully saturated rings. The lowest BCUT2D eigenvalue weighted by molar-refractivity contribution is 0.257. The molecule has 0 N–H and O–H groups in total. The average Bonchev–Trinajstić information content (AvgIpc) is 2.72. The van der Waals surface area contributed by atoms with Crippen molar-refractivity contribution in [3.8, 4) is 0 Å². The van der Waals surface area contributed by atoms with Crippen LogP contribution < -0.4 is 0 Å². The fourth-order valence-corrected chi connectivity index (χ4v) is 3.09. The zero-order chi connectivity index (χ0) is 13.8. The Morgan fingerprint density at radius 1 is 0.850 bits per heavy atom. The standard InChI is InChI=1S/C18H24N2/c1-2-19-10-5-11-20(13-12-19)15-16-8-9-17-6-3-4-7-18(17)14-16/h3-4,6-9,14H,2,5,10-13,15H2,1H3. The molecule has 0 radical (unpaired) electrons. The number of benzene rings is 2. The molecule has 1 aliphatic rings. The summed E-state index contributed by atoms with van der Waals surface area (Å²) in [6.45, 7) is 9.42. The lowest BCUT2D eigenvalue weighted by atomic mass is 10.1. The zero-order valence-electron chi connectivity index (χ0n) is 12.4. The van der Waals surface area contributed by atoms with E-state index in [2.05, 4.69) is 59.2 Å². The summed E-state index contributed by atoms with van der Waals surface area (Å²) in [4.78, 5) is 5.15. The van der Waals surface area contributed by atoms with Crippen LogP contribution in [0.5, 0.6) is 0 Å². The van der Waals surface area contributed by atoms with Crippen molar-refractivity contribution < 1.29 is 0 Å². The summed E-state index contributed by atoms with van der Waals surface area (Å²) in [7, 11) is 0. The van der Waals surface area contributed by atoms with Crippen molar-refractivity contribution in [2.24, 2.45) is 0 Å². The molecule has 0 saturated carbocycles. The van der Waals surface area contributed by atoms with E-state index in [-0.39, 0.29) is 0 Å². The van der Waals surface area contributed by atoms with Gasteiger partial charge >= 0.3 is 0 Å². The lowest BCUT2D eigenvalue weighted by Crippen LogP contribution is -2.30. The van der Waals surface area contributed by atoms with Crippen molar-refractivity contribution in [3.63, 3.8) is 0 Å². The van der Waals surface area contributed by atoms with E-state index in [4.69, 9.17) is 0 Å². The molecule has 106 valence electrons. The highest BCUT2D eigenvalue weighted by Crippen LogP contribution is 2.17. The molecule has 0 unspecified atom stereocenters. The normalized spacial score (nSPS) is 18.2. The predicted molar refractivity (Wildman–Crippen MR) is 86.0 cm³/mol. The SMILES string of the molecule is CCN1CCCN(Cc2ccc3ccccc3c2)CC1. The Hall–Kier alpha value is -1.38. The summed E-state index contributed by atoms with van der Waals surface area (Å²) in [5.74, 6) is 0. The van der Waals surface area contributed by atoms with E-state index < -0.39 is 0 Å². The molecule has 2 nitrogen and oxygen atoms in total. The topological polar surface area (TPSA) is 6.48 Å². The largest absolute Gasteiger partial charge is 0.302 e. The predicted octanol–water partition coefficient (Wildman–Crippen LogP) is 3.37. The fourth-order valence-electron chi connectivity index (χ4n) is 3.09. The van der Waals surface area contributed by atoms with Crippen molar-refractivity contribution in [1.82, 2.24) is 9.80 Å². The summed E-state index contributed by atoms with van der Waals surface area (Å²) in [6, 6.07) is 15.5. The molecule has 20 heavy (non-hydrogen) atoms. The Bertz CT molecular complexity index is 564. The van der Waals surface area contributed by atoms with E-state index >= 15 is 0 Å². The van der Waals surface area contributed by atoms with Crippen molar-refractivity contribution >= 4 is 10.8 Å². The molecule has 2 aromatic rings. The first-order valence-electron chi connectivity index (χ1n) is 7.77. The molecule has 1 saturated heterocycles. The van der Waals surface area contributed by atoms with E-state index in [1.54, 1.807) is 0 Å². The number of hydrogen-bond acceptors (Lipinski definition) is 2. The van der Waals surface area contributed by atoms with E-state index in [1.807, 2.05) is 0 Å². The van der Waals surface area contributed by atoms with Gasteiger partial charge < -0.3 is 4.90 Å². The second kappa shape index (κ2) is 6.38. The second-order valence-corrected chi connectivity index (χ2v) is 5.75. The van der Waals surface area contributed by atoms with Crippen LogP contribution in [0.2, 0.25) is 0 Å². The number of rotatable bonds is 3. The number of nitrogens with zero attached hydrogens (tertiary/aromatic N) is 2. The van der Waals surface area contributed by atoms with Crippen LogP contribution in [-0.2, 0) is 6.54 Å². The van der Waals surface area contributed by atoms with Crippen LogP contribution in [0.1, 0.15) is 18.9 Å². The highest BCUT2D eigenvalue weighted by molar-refractivity contribution is 5.82. The van der Waals surface area contributed by atoms with Gasteiger partial charge in [0.25, 0.3) is 0 Å². The van der Waals surface area contributed by atoms with Gasteiger partial charge in [-0.3, -0.25) is 4.90 Å². The Balaban J connectivity index is 1.69. The van der Waals surface area contributed by atoms with Crippen molar-refractivity contribution in [1.29, 1.82) is 0 Å². The second-order valence-electron chi connectivity index (χ2n) is 5.75. The fraction of sp³-hybridized carbons (Fsp3) is 0.444. The molecule has 1 heterocycles. The van der Waals surface area contributed by atoms with Gasteiger partial charge in [-0.1, -0.05) is 43.3 Å². The molecule has 0 amide bonds. The van der Waals surface area contributed by atoms with Crippen LogP contribution in [0, 0.1) is 0 Å². The Kier molecular flexibility index (Phi) is 4.34. The van der Waals surface area contributed by atoms with Crippen molar-refractivity contribution in [2.75, 3.05) is 32.7 Å². The van der Waals surface area contributed by atoms with Gasteiger partial charge in [0.1, 0.15) is 0 Å². The summed E-state index contributed by atoms with van der Waals surface area (Å²) in [6.07, 6.45) is 1.29. The monoisotopic (exact) mass is 268 g/mol. The number of hydrogen-bond donors (Lipinski definition) is 0. The van der Waals surface area contributed by atoms with Crippen molar-refractivity contribution in [3.05, 3.63) is 48.0 Å². The van der Waals surface area contributed by atoms with Crippen LogP contribution in [-0.4, -0.2) is 42.5 Å². The molecule has 2 aromatic carbocycles. The average molecular weight is 268 g/mol. The molecule has 0 aromatic heterocycles. The van der Waals surface area contributed by atoms with Crippen LogP contribution in [0.15, 0.2) is 42.5 Å². The Labute approximate surface area is 122 Å².